The zero-order valence-corrected chi connectivity index (χ0v) is 18.8. The van der Waals surface area contributed by atoms with Gasteiger partial charge in [0.15, 0.2) is 0 Å². The van der Waals surface area contributed by atoms with Gasteiger partial charge in [0.1, 0.15) is 6.54 Å². The Labute approximate surface area is 196 Å². The fraction of sp³-hybridized carbons (Fsp3) is 0.308. The lowest BCUT2D eigenvalue weighted by molar-refractivity contribution is -0.137. The minimum atomic E-state index is -4.54. The van der Waals surface area contributed by atoms with Crippen LogP contribution < -0.4 is 0 Å². The van der Waals surface area contributed by atoms with Crippen LogP contribution in [0.15, 0.2) is 72.9 Å². The van der Waals surface area contributed by atoms with Crippen molar-refractivity contribution in [2.75, 3.05) is 6.54 Å². The van der Waals surface area contributed by atoms with E-state index in [1.54, 1.807) is 4.90 Å². The average molecular weight is 470 g/mol. The standard InChI is InChI=1S/C26H26F3N3O2/c1-30-14-6-11-23(30)17-31(16-19-7-3-2-4-8-19)24(33)18-32(22-12-13-22)25(34)20-9-5-10-21(15-20)26(27,28)29/h2-11,14-15,22H,12-13,16-18H2,1H3. The van der Waals surface area contributed by atoms with Crippen molar-refractivity contribution in [2.24, 2.45) is 7.05 Å². The van der Waals surface area contributed by atoms with E-state index in [-0.39, 0.29) is 24.1 Å². The number of rotatable bonds is 8. The molecule has 0 atom stereocenters. The number of aryl methyl sites for hydroxylation is 1. The molecule has 3 aromatic rings. The molecule has 1 heterocycles. The molecular weight excluding hydrogens is 443 g/mol. The van der Waals surface area contributed by atoms with Crippen molar-refractivity contribution in [3.8, 4) is 0 Å². The zero-order chi connectivity index (χ0) is 24.3. The third kappa shape index (κ3) is 5.68. The van der Waals surface area contributed by atoms with Gasteiger partial charge in [-0.1, -0.05) is 36.4 Å². The second kappa shape index (κ2) is 9.75. The first-order chi connectivity index (χ1) is 16.2. The summed E-state index contributed by atoms with van der Waals surface area (Å²) < 4.78 is 41.4. The van der Waals surface area contributed by atoms with Crippen LogP contribution in [0.5, 0.6) is 0 Å². The van der Waals surface area contributed by atoms with Crippen LogP contribution in [0, 0.1) is 0 Å². The lowest BCUT2D eigenvalue weighted by Crippen LogP contribution is -2.43. The molecule has 4 rings (SSSR count). The topological polar surface area (TPSA) is 45.6 Å². The molecule has 1 aliphatic carbocycles. The minimum absolute atomic E-state index is 0.0634. The Hall–Kier alpha value is -3.55. The van der Waals surface area contributed by atoms with Crippen LogP contribution >= 0.6 is 0 Å². The molecule has 0 unspecified atom stereocenters. The van der Waals surface area contributed by atoms with Crippen LogP contribution in [-0.2, 0) is 31.1 Å². The molecule has 34 heavy (non-hydrogen) atoms. The normalized spacial score (nSPS) is 13.5. The van der Waals surface area contributed by atoms with Crippen molar-refractivity contribution in [1.29, 1.82) is 0 Å². The molecule has 8 heteroatoms. The second-order valence-electron chi connectivity index (χ2n) is 8.59. The number of nitrogens with zero attached hydrogens (tertiary/aromatic N) is 3. The lowest BCUT2D eigenvalue weighted by atomic mass is 10.1. The maximum atomic E-state index is 13.4. The number of hydrogen-bond donors (Lipinski definition) is 0. The van der Waals surface area contributed by atoms with Gasteiger partial charge in [0.05, 0.1) is 12.1 Å². The minimum Gasteiger partial charge on any atom is -0.353 e. The highest BCUT2D eigenvalue weighted by Crippen LogP contribution is 2.32. The molecule has 1 saturated carbocycles. The van der Waals surface area contributed by atoms with E-state index in [1.807, 2.05) is 60.3 Å². The predicted molar refractivity (Wildman–Crippen MR) is 122 cm³/mol. The first kappa shape index (κ1) is 23.6. The summed E-state index contributed by atoms with van der Waals surface area (Å²) in [6, 6.07) is 17.6. The van der Waals surface area contributed by atoms with Crippen LogP contribution in [0.25, 0.3) is 0 Å². The number of alkyl halides is 3. The molecule has 2 aromatic carbocycles. The van der Waals surface area contributed by atoms with Gasteiger partial charge in [0.2, 0.25) is 5.91 Å². The number of amides is 2. The summed E-state index contributed by atoms with van der Waals surface area (Å²) in [6.07, 6.45) is -1.19. The zero-order valence-electron chi connectivity index (χ0n) is 18.8. The highest BCUT2D eigenvalue weighted by Gasteiger charge is 2.37. The van der Waals surface area contributed by atoms with Crippen LogP contribution in [0.1, 0.15) is 40.0 Å². The van der Waals surface area contributed by atoms with Gasteiger partial charge in [-0.3, -0.25) is 9.59 Å². The number of carbonyl (C=O) groups is 2. The summed E-state index contributed by atoms with van der Waals surface area (Å²) in [4.78, 5) is 29.7. The van der Waals surface area contributed by atoms with Gasteiger partial charge in [0.25, 0.3) is 5.91 Å². The Bertz CT molecular complexity index is 1150. The van der Waals surface area contributed by atoms with E-state index in [4.69, 9.17) is 0 Å². The molecule has 0 saturated heterocycles. The van der Waals surface area contributed by atoms with Gasteiger partial charge in [-0.05, 0) is 48.7 Å². The van der Waals surface area contributed by atoms with Gasteiger partial charge in [-0.15, -0.1) is 0 Å². The highest BCUT2D eigenvalue weighted by molar-refractivity contribution is 5.97. The first-order valence-corrected chi connectivity index (χ1v) is 11.1. The molecule has 0 radical (unpaired) electrons. The fourth-order valence-corrected chi connectivity index (χ4v) is 3.89. The summed E-state index contributed by atoms with van der Waals surface area (Å²) in [6.45, 7) is 0.533. The maximum Gasteiger partial charge on any atom is 0.416 e. The van der Waals surface area contributed by atoms with E-state index in [0.29, 0.717) is 13.1 Å². The molecule has 178 valence electrons. The smallest absolute Gasteiger partial charge is 0.353 e. The molecule has 1 aromatic heterocycles. The van der Waals surface area contributed by atoms with E-state index in [9.17, 15) is 22.8 Å². The monoisotopic (exact) mass is 469 g/mol. The number of aromatic nitrogens is 1. The number of benzene rings is 2. The van der Waals surface area contributed by atoms with Crippen LogP contribution in [0.4, 0.5) is 13.2 Å². The van der Waals surface area contributed by atoms with E-state index in [2.05, 4.69) is 0 Å². The Balaban J connectivity index is 1.55. The molecule has 5 nitrogen and oxygen atoms in total. The van der Waals surface area contributed by atoms with E-state index in [0.717, 1.165) is 36.2 Å². The average Bonchev–Trinajstić information content (AvgIpc) is 3.58. The van der Waals surface area contributed by atoms with E-state index >= 15 is 0 Å². The Kier molecular flexibility index (Phi) is 6.77. The second-order valence-corrected chi connectivity index (χ2v) is 8.59. The van der Waals surface area contributed by atoms with Crippen LogP contribution in [-0.4, -0.2) is 38.8 Å². The maximum absolute atomic E-state index is 13.4. The Morgan fingerprint density at radius 3 is 2.32 bits per heavy atom. The van der Waals surface area contributed by atoms with Crippen LogP contribution in [0.2, 0.25) is 0 Å². The van der Waals surface area contributed by atoms with Crippen molar-refractivity contribution in [3.05, 3.63) is 95.3 Å². The number of halogens is 3. The lowest BCUT2D eigenvalue weighted by Gasteiger charge is -2.28. The highest BCUT2D eigenvalue weighted by atomic mass is 19.4. The van der Waals surface area contributed by atoms with Crippen molar-refractivity contribution in [1.82, 2.24) is 14.4 Å². The van der Waals surface area contributed by atoms with Gasteiger partial charge < -0.3 is 14.4 Å². The quantitative estimate of drug-likeness (QED) is 0.472. The summed E-state index contributed by atoms with van der Waals surface area (Å²) in [7, 11) is 1.90. The predicted octanol–water partition coefficient (Wildman–Crippen LogP) is 4.88. The molecule has 0 spiro atoms. The number of hydrogen-bond acceptors (Lipinski definition) is 2. The molecule has 0 aliphatic heterocycles. The third-order valence-electron chi connectivity index (χ3n) is 5.96. The fourth-order valence-electron chi connectivity index (χ4n) is 3.89. The summed E-state index contributed by atoms with van der Waals surface area (Å²) in [5, 5.41) is 0. The first-order valence-electron chi connectivity index (χ1n) is 11.1. The SMILES string of the molecule is Cn1cccc1CN(Cc1ccccc1)C(=O)CN(C(=O)c1cccc(C(F)(F)F)c1)C1CC1. The van der Waals surface area contributed by atoms with Gasteiger partial charge in [0, 0.05) is 37.1 Å². The largest absolute Gasteiger partial charge is 0.416 e. The summed E-state index contributed by atoms with van der Waals surface area (Å²) in [5.74, 6) is -0.808. The van der Waals surface area contributed by atoms with Crippen LogP contribution in [0.3, 0.4) is 0 Å². The van der Waals surface area contributed by atoms with Crippen molar-refractivity contribution in [2.45, 2.75) is 38.1 Å². The van der Waals surface area contributed by atoms with E-state index in [1.165, 1.54) is 17.0 Å². The van der Waals surface area contributed by atoms with Crippen molar-refractivity contribution >= 4 is 11.8 Å². The summed E-state index contributed by atoms with van der Waals surface area (Å²) >= 11 is 0. The Morgan fingerprint density at radius 1 is 0.971 bits per heavy atom. The van der Waals surface area contributed by atoms with Gasteiger partial charge >= 0.3 is 6.18 Å². The molecule has 1 aliphatic rings. The van der Waals surface area contributed by atoms with Gasteiger partial charge in [-0.2, -0.15) is 13.2 Å². The van der Waals surface area contributed by atoms with Crippen molar-refractivity contribution < 1.29 is 22.8 Å². The Morgan fingerprint density at radius 2 is 1.71 bits per heavy atom. The third-order valence-corrected chi connectivity index (χ3v) is 5.96. The molecular formula is C26H26F3N3O2. The molecule has 0 bridgehead atoms. The molecule has 0 N–H and O–H groups in total. The molecule has 2 amide bonds. The van der Waals surface area contributed by atoms with Crippen molar-refractivity contribution in [3.63, 3.8) is 0 Å². The van der Waals surface area contributed by atoms with Gasteiger partial charge in [-0.25, -0.2) is 0 Å². The van der Waals surface area contributed by atoms with E-state index < -0.39 is 17.6 Å². The number of carbonyl (C=O) groups excluding carboxylic acids is 2. The summed E-state index contributed by atoms with van der Waals surface area (Å²) in [5.41, 5.74) is 0.945. The molecule has 1 fully saturated rings.